The molecule has 3 aromatic rings. The van der Waals surface area contributed by atoms with Crippen molar-refractivity contribution in [3.63, 3.8) is 0 Å². The number of nitrogens with zero attached hydrogens (tertiary/aromatic N) is 5. The first-order valence-corrected chi connectivity index (χ1v) is 6.45. The SMILES string of the molecule is Cc1ncc(CNc2ccc(Oc3nn[nH]n3)cc2)n1C. The predicted molar refractivity (Wildman–Crippen MR) is 76.0 cm³/mol. The van der Waals surface area contributed by atoms with Gasteiger partial charge in [-0.15, -0.1) is 0 Å². The Morgan fingerprint density at radius 1 is 1.29 bits per heavy atom. The highest BCUT2D eigenvalue weighted by Gasteiger charge is 2.03. The van der Waals surface area contributed by atoms with Crippen LogP contribution in [-0.4, -0.2) is 30.2 Å². The smallest absolute Gasteiger partial charge is 0.361 e. The lowest BCUT2D eigenvalue weighted by atomic mass is 10.3. The number of benzene rings is 1. The van der Waals surface area contributed by atoms with E-state index in [9.17, 15) is 0 Å². The molecule has 2 aromatic heterocycles. The molecule has 0 spiro atoms. The lowest BCUT2D eigenvalue weighted by Crippen LogP contribution is -2.05. The zero-order valence-corrected chi connectivity index (χ0v) is 11.7. The van der Waals surface area contributed by atoms with Crippen molar-refractivity contribution in [3.8, 4) is 11.8 Å². The van der Waals surface area contributed by atoms with Gasteiger partial charge in [-0.25, -0.2) is 4.98 Å². The molecule has 2 heterocycles. The quantitative estimate of drug-likeness (QED) is 0.740. The van der Waals surface area contributed by atoms with Gasteiger partial charge < -0.3 is 14.6 Å². The van der Waals surface area contributed by atoms with E-state index in [0.29, 0.717) is 12.3 Å². The van der Waals surface area contributed by atoms with Crippen LogP contribution in [0.3, 0.4) is 0 Å². The maximum absolute atomic E-state index is 5.40. The van der Waals surface area contributed by atoms with Crippen molar-refractivity contribution in [2.45, 2.75) is 13.5 Å². The number of hydrogen-bond acceptors (Lipinski definition) is 6. The summed E-state index contributed by atoms with van der Waals surface area (Å²) in [5, 5.41) is 16.5. The number of ether oxygens (including phenoxy) is 1. The summed E-state index contributed by atoms with van der Waals surface area (Å²) in [4.78, 5) is 4.26. The fourth-order valence-corrected chi connectivity index (χ4v) is 1.85. The van der Waals surface area contributed by atoms with Crippen LogP contribution in [0, 0.1) is 6.92 Å². The molecule has 2 N–H and O–H groups in total. The minimum atomic E-state index is 0.195. The lowest BCUT2D eigenvalue weighted by Gasteiger charge is -2.08. The third-order valence-corrected chi connectivity index (χ3v) is 3.18. The molecule has 0 radical (unpaired) electrons. The van der Waals surface area contributed by atoms with E-state index in [-0.39, 0.29) is 6.01 Å². The van der Waals surface area contributed by atoms with Crippen molar-refractivity contribution in [1.82, 2.24) is 30.2 Å². The molecule has 3 rings (SSSR count). The van der Waals surface area contributed by atoms with Crippen molar-refractivity contribution < 1.29 is 4.74 Å². The predicted octanol–water partition coefficient (Wildman–Crippen LogP) is 1.65. The van der Waals surface area contributed by atoms with Crippen molar-refractivity contribution in [2.24, 2.45) is 7.05 Å². The molecular formula is C13H15N7O. The molecule has 0 aliphatic rings. The van der Waals surface area contributed by atoms with Gasteiger partial charge in [-0.05, 0) is 36.4 Å². The molecule has 0 bridgehead atoms. The van der Waals surface area contributed by atoms with Crippen LogP contribution in [0.15, 0.2) is 30.5 Å². The topological polar surface area (TPSA) is 93.5 Å². The van der Waals surface area contributed by atoms with E-state index in [1.807, 2.05) is 44.4 Å². The Kier molecular flexibility index (Phi) is 3.50. The monoisotopic (exact) mass is 285 g/mol. The van der Waals surface area contributed by atoms with Gasteiger partial charge in [0.05, 0.1) is 18.4 Å². The molecule has 0 fully saturated rings. The van der Waals surface area contributed by atoms with Gasteiger partial charge in [0, 0.05) is 12.7 Å². The van der Waals surface area contributed by atoms with E-state index < -0.39 is 0 Å². The van der Waals surface area contributed by atoms with Crippen LogP contribution in [0.1, 0.15) is 11.5 Å². The largest absolute Gasteiger partial charge is 0.422 e. The first-order valence-electron chi connectivity index (χ1n) is 6.45. The number of H-pyrrole nitrogens is 1. The molecule has 8 nitrogen and oxygen atoms in total. The van der Waals surface area contributed by atoms with Crippen molar-refractivity contribution >= 4 is 5.69 Å². The van der Waals surface area contributed by atoms with Crippen LogP contribution in [-0.2, 0) is 13.6 Å². The fourth-order valence-electron chi connectivity index (χ4n) is 1.85. The highest BCUT2D eigenvalue weighted by atomic mass is 16.5. The summed E-state index contributed by atoms with van der Waals surface area (Å²) in [5.74, 6) is 1.65. The number of rotatable bonds is 5. The van der Waals surface area contributed by atoms with Crippen molar-refractivity contribution in [2.75, 3.05) is 5.32 Å². The molecule has 0 unspecified atom stereocenters. The highest BCUT2D eigenvalue weighted by molar-refractivity contribution is 5.46. The Labute approximate surface area is 121 Å². The number of aromatic amines is 1. The second kappa shape index (κ2) is 5.61. The minimum absolute atomic E-state index is 0.195. The summed E-state index contributed by atoms with van der Waals surface area (Å²) < 4.78 is 7.46. The molecule has 0 aliphatic heterocycles. The van der Waals surface area contributed by atoms with E-state index in [0.717, 1.165) is 17.2 Å². The van der Waals surface area contributed by atoms with E-state index in [1.54, 1.807) is 0 Å². The van der Waals surface area contributed by atoms with Crippen LogP contribution in [0.5, 0.6) is 11.8 Å². The molecule has 0 atom stereocenters. The van der Waals surface area contributed by atoms with Crippen LogP contribution < -0.4 is 10.1 Å². The standard InChI is InChI=1S/C13H15N7O/c1-9-14-7-11(20(9)2)8-15-10-3-5-12(6-4-10)21-13-16-18-19-17-13/h3-7,15H,8H2,1-2H3,(H,16,17,18,19). The maximum atomic E-state index is 5.40. The van der Waals surface area contributed by atoms with Crippen molar-refractivity contribution in [3.05, 3.63) is 42.0 Å². The van der Waals surface area contributed by atoms with Gasteiger partial charge in [-0.1, -0.05) is 10.2 Å². The van der Waals surface area contributed by atoms with E-state index in [2.05, 4.69) is 35.5 Å². The second-order valence-corrected chi connectivity index (χ2v) is 4.53. The number of aryl methyl sites for hydroxylation is 1. The van der Waals surface area contributed by atoms with Crippen molar-refractivity contribution in [1.29, 1.82) is 0 Å². The second-order valence-electron chi connectivity index (χ2n) is 4.53. The van der Waals surface area contributed by atoms with Gasteiger partial charge in [-0.3, -0.25) is 0 Å². The van der Waals surface area contributed by atoms with Crippen LogP contribution in [0.2, 0.25) is 0 Å². The number of tetrazole rings is 1. The third-order valence-electron chi connectivity index (χ3n) is 3.18. The van der Waals surface area contributed by atoms with Crippen LogP contribution in [0.25, 0.3) is 0 Å². The molecule has 108 valence electrons. The average molecular weight is 285 g/mol. The Morgan fingerprint density at radius 2 is 2.10 bits per heavy atom. The lowest BCUT2D eigenvalue weighted by molar-refractivity contribution is 0.442. The third kappa shape index (κ3) is 2.99. The first-order chi connectivity index (χ1) is 10.2. The molecule has 21 heavy (non-hydrogen) atoms. The number of anilines is 1. The summed E-state index contributed by atoms with van der Waals surface area (Å²) in [7, 11) is 2.00. The number of imidazole rings is 1. The minimum Gasteiger partial charge on any atom is -0.422 e. The zero-order valence-electron chi connectivity index (χ0n) is 11.7. The number of nitrogens with one attached hydrogen (secondary N) is 2. The van der Waals surface area contributed by atoms with Crippen LogP contribution in [0.4, 0.5) is 5.69 Å². The molecule has 0 saturated carbocycles. The summed E-state index contributed by atoms with van der Waals surface area (Å²) in [6.07, 6.45) is 1.87. The van der Waals surface area contributed by atoms with Crippen LogP contribution >= 0.6 is 0 Å². The normalized spacial score (nSPS) is 10.6. The highest BCUT2D eigenvalue weighted by Crippen LogP contribution is 2.19. The van der Waals surface area contributed by atoms with Gasteiger partial charge in [-0.2, -0.15) is 5.21 Å². The zero-order chi connectivity index (χ0) is 14.7. The van der Waals surface area contributed by atoms with E-state index >= 15 is 0 Å². The first kappa shape index (κ1) is 13.1. The average Bonchev–Trinajstić information content (AvgIpc) is 3.11. The number of aromatic nitrogens is 6. The Bertz CT molecular complexity index is 703. The molecule has 0 amide bonds. The van der Waals surface area contributed by atoms with Gasteiger partial charge in [0.15, 0.2) is 0 Å². The summed E-state index contributed by atoms with van der Waals surface area (Å²) in [6.45, 7) is 2.69. The summed E-state index contributed by atoms with van der Waals surface area (Å²) in [6, 6.07) is 7.73. The molecule has 1 aromatic carbocycles. The van der Waals surface area contributed by atoms with E-state index in [4.69, 9.17) is 4.74 Å². The Hall–Kier alpha value is -2.90. The van der Waals surface area contributed by atoms with Gasteiger partial charge in [0.2, 0.25) is 0 Å². The molecule has 0 aliphatic carbocycles. The molecule has 0 saturated heterocycles. The van der Waals surface area contributed by atoms with Gasteiger partial charge in [0.25, 0.3) is 0 Å². The summed E-state index contributed by atoms with van der Waals surface area (Å²) in [5.41, 5.74) is 2.12. The Morgan fingerprint density at radius 3 is 2.71 bits per heavy atom. The van der Waals surface area contributed by atoms with E-state index in [1.165, 1.54) is 0 Å². The maximum Gasteiger partial charge on any atom is 0.361 e. The van der Waals surface area contributed by atoms with Gasteiger partial charge in [0.1, 0.15) is 11.6 Å². The molecule has 8 heteroatoms. The molecular weight excluding hydrogens is 270 g/mol. The van der Waals surface area contributed by atoms with Gasteiger partial charge >= 0.3 is 6.01 Å². The fraction of sp³-hybridized carbons (Fsp3) is 0.231. The Balaban J connectivity index is 1.60. The summed E-state index contributed by atoms with van der Waals surface area (Å²) >= 11 is 0. The number of hydrogen-bond donors (Lipinski definition) is 2.